The van der Waals surface area contributed by atoms with Gasteiger partial charge < -0.3 is 5.73 Å². The Labute approximate surface area is 119 Å². The lowest BCUT2D eigenvalue weighted by molar-refractivity contribution is -0.118. The molecule has 0 aliphatic heterocycles. The van der Waals surface area contributed by atoms with Gasteiger partial charge in [0, 0.05) is 31.3 Å². The molecule has 1 atom stereocenters. The van der Waals surface area contributed by atoms with Gasteiger partial charge in [-0.3, -0.25) is 9.48 Å². The molecule has 20 heavy (non-hydrogen) atoms. The second-order valence-electron chi connectivity index (χ2n) is 5.39. The summed E-state index contributed by atoms with van der Waals surface area (Å²) in [6.45, 7) is 4.00. The molecule has 1 unspecified atom stereocenters. The summed E-state index contributed by atoms with van der Waals surface area (Å²) in [5.74, 6) is 0.440. The van der Waals surface area contributed by atoms with Gasteiger partial charge in [0.05, 0.1) is 5.69 Å². The van der Waals surface area contributed by atoms with Crippen LogP contribution in [0.25, 0.3) is 0 Å². The number of Topliss-reactive ketones (excluding diaryl/α,β-unsaturated/α-hetero) is 1. The molecule has 0 spiro atoms. The summed E-state index contributed by atoms with van der Waals surface area (Å²) in [4.78, 5) is 12.2. The highest BCUT2D eigenvalue weighted by Crippen LogP contribution is 2.21. The third-order valence-corrected chi connectivity index (χ3v) is 3.52. The summed E-state index contributed by atoms with van der Waals surface area (Å²) in [7, 11) is 1.87. The molecule has 0 amide bonds. The third-order valence-electron chi connectivity index (χ3n) is 3.52. The lowest BCUT2D eigenvalue weighted by Crippen LogP contribution is -2.10. The van der Waals surface area contributed by atoms with Crippen molar-refractivity contribution >= 4 is 11.5 Å². The largest absolute Gasteiger partial charge is 0.399 e. The average Bonchev–Trinajstić information content (AvgIpc) is 2.68. The fourth-order valence-corrected chi connectivity index (χ4v) is 2.39. The van der Waals surface area contributed by atoms with E-state index in [9.17, 15) is 4.79 Å². The molecular weight excluding hydrogens is 250 g/mol. The first kappa shape index (κ1) is 14.3. The molecule has 0 saturated carbocycles. The normalized spacial score (nSPS) is 12.3. The van der Waals surface area contributed by atoms with E-state index < -0.39 is 0 Å². The van der Waals surface area contributed by atoms with Crippen molar-refractivity contribution in [2.24, 2.45) is 7.05 Å². The predicted molar refractivity (Wildman–Crippen MR) is 80.5 cm³/mol. The first-order chi connectivity index (χ1) is 9.45. The van der Waals surface area contributed by atoms with Gasteiger partial charge in [-0.2, -0.15) is 5.10 Å². The highest BCUT2D eigenvalue weighted by Gasteiger charge is 2.13. The molecular formula is C16H21N3O. The van der Waals surface area contributed by atoms with Crippen LogP contribution < -0.4 is 5.73 Å². The van der Waals surface area contributed by atoms with Crippen LogP contribution in [0.3, 0.4) is 0 Å². The van der Waals surface area contributed by atoms with Crippen molar-refractivity contribution in [2.45, 2.75) is 32.6 Å². The van der Waals surface area contributed by atoms with E-state index in [4.69, 9.17) is 5.73 Å². The van der Waals surface area contributed by atoms with Gasteiger partial charge in [-0.25, -0.2) is 0 Å². The van der Waals surface area contributed by atoms with Crippen molar-refractivity contribution in [2.75, 3.05) is 5.73 Å². The van der Waals surface area contributed by atoms with E-state index in [0.29, 0.717) is 12.8 Å². The molecule has 0 aliphatic carbocycles. The van der Waals surface area contributed by atoms with Crippen LogP contribution in [0.15, 0.2) is 30.3 Å². The summed E-state index contributed by atoms with van der Waals surface area (Å²) in [5, 5.41) is 4.26. The molecule has 0 radical (unpaired) electrons. The Bertz CT molecular complexity index is 599. The number of hydrogen-bond acceptors (Lipinski definition) is 3. The monoisotopic (exact) mass is 271 g/mol. The number of ketones is 1. The number of nitrogen functional groups attached to an aromatic ring is 1. The molecule has 0 aliphatic rings. The van der Waals surface area contributed by atoms with Crippen LogP contribution in [-0.4, -0.2) is 15.6 Å². The van der Waals surface area contributed by atoms with E-state index in [1.165, 1.54) is 0 Å². The minimum atomic E-state index is 0.206. The second kappa shape index (κ2) is 5.90. The molecule has 2 N–H and O–H groups in total. The Balaban J connectivity index is 1.97. The smallest absolute Gasteiger partial charge is 0.139 e. The van der Waals surface area contributed by atoms with Gasteiger partial charge >= 0.3 is 0 Å². The number of carbonyl (C=O) groups excluding carboxylic acids is 1. The summed E-state index contributed by atoms with van der Waals surface area (Å²) < 4.78 is 1.78. The number of hydrogen-bond donors (Lipinski definition) is 1. The molecule has 0 bridgehead atoms. The number of carbonyl (C=O) groups is 1. The van der Waals surface area contributed by atoms with Crippen LogP contribution in [0.1, 0.15) is 36.2 Å². The van der Waals surface area contributed by atoms with Crippen LogP contribution in [-0.2, 0) is 18.3 Å². The average molecular weight is 271 g/mol. The fraction of sp³-hybridized carbons (Fsp3) is 0.375. The summed E-state index contributed by atoms with van der Waals surface area (Å²) in [6, 6.07) is 9.69. The van der Waals surface area contributed by atoms with Gasteiger partial charge in [0.15, 0.2) is 0 Å². The summed E-state index contributed by atoms with van der Waals surface area (Å²) in [6.07, 6.45) is 0.977. The van der Waals surface area contributed by atoms with Crippen LogP contribution in [0, 0.1) is 6.92 Å². The first-order valence-corrected chi connectivity index (χ1v) is 6.82. The minimum absolute atomic E-state index is 0.206. The van der Waals surface area contributed by atoms with Crippen molar-refractivity contribution in [3.8, 4) is 0 Å². The Morgan fingerprint density at radius 2 is 2.00 bits per heavy atom. The Morgan fingerprint density at radius 1 is 1.35 bits per heavy atom. The summed E-state index contributed by atoms with van der Waals surface area (Å²) >= 11 is 0. The van der Waals surface area contributed by atoms with E-state index >= 15 is 0 Å². The maximum absolute atomic E-state index is 12.2. The second-order valence-corrected chi connectivity index (χ2v) is 5.39. The Kier molecular flexibility index (Phi) is 4.23. The van der Waals surface area contributed by atoms with Crippen molar-refractivity contribution in [3.05, 3.63) is 47.3 Å². The molecule has 1 heterocycles. The number of nitrogens with two attached hydrogens (primary N) is 1. The minimum Gasteiger partial charge on any atom is -0.399 e. The molecule has 0 fully saturated rings. The van der Waals surface area contributed by atoms with E-state index in [1.54, 1.807) is 4.68 Å². The molecule has 0 saturated heterocycles. The van der Waals surface area contributed by atoms with E-state index in [1.807, 2.05) is 44.3 Å². The molecule has 1 aromatic heterocycles. The van der Waals surface area contributed by atoms with Crippen molar-refractivity contribution in [1.82, 2.24) is 9.78 Å². The van der Waals surface area contributed by atoms with Gasteiger partial charge in [0.1, 0.15) is 5.78 Å². The molecule has 4 heteroatoms. The van der Waals surface area contributed by atoms with Gasteiger partial charge in [-0.1, -0.05) is 19.1 Å². The molecule has 1 aromatic carbocycles. The lowest BCUT2D eigenvalue weighted by atomic mass is 9.94. The van der Waals surface area contributed by atoms with E-state index in [-0.39, 0.29) is 11.7 Å². The SMILES string of the molecule is Cc1cc(CC(=O)CC(C)c2ccc(N)cc2)n(C)n1. The highest BCUT2D eigenvalue weighted by atomic mass is 16.1. The third kappa shape index (κ3) is 3.47. The number of nitrogens with zero attached hydrogens (tertiary/aromatic N) is 2. The first-order valence-electron chi connectivity index (χ1n) is 6.82. The quantitative estimate of drug-likeness (QED) is 0.850. The van der Waals surface area contributed by atoms with Crippen LogP contribution in [0.4, 0.5) is 5.69 Å². The molecule has 2 aromatic rings. The van der Waals surface area contributed by atoms with Crippen LogP contribution in [0.5, 0.6) is 0 Å². The lowest BCUT2D eigenvalue weighted by Gasteiger charge is -2.11. The zero-order chi connectivity index (χ0) is 14.7. The highest BCUT2D eigenvalue weighted by molar-refractivity contribution is 5.81. The predicted octanol–water partition coefficient (Wildman–Crippen LogP) is 2.62. The number of anilines is 1. The van der Waals surface area contributed by atoms with Gasteiger partial charge in [0.2, 0.25) is 0 Å². The fourth-order valence-electron chi connectivity index (χ4n) is 2.39. The zero-order valence-corrected chi connectivity index (χ0v) is 12.3. The topological polar surface area (TPSA) is 60.9 Å². The number of rotatable bonds is 5. The van der Waals surface area contributed by atoms with Gasteiger partial charge in [0.25, 0.3) is 0 Å². The summed E-state index contributed by atoms with van der Waals surface area (Å²) in [5.41, 5.74) is 9.48. The molecule has 2 rings (SSSR count). The standard InChI is InChI=1S/C16H21N3O/c1-11(13-4-6-14(17)7-5-13)8-16(20)10-15-9-12(2)18-19(15)3/h4-7,9,11H,8,10,17H2,1-3H3. The maximum Gasteiger partial charge on any atom is 0.139 e. The van der Waals surface area contributed by atoms with Gasteiger partial charge in [-0.15, -0.1) is 0 Å². The Hall–Kier alpha value is -2.10. The van der Waals surface area contributed by atoms with Crippen LogP contribution >= 0.6 is 0 Å². The number of aryl methyl sites for hydroxylation is 2. The Morgan fingerprint density at radius 3 is 2.55 bits per heavy atom. The van der Waals surface area contributed by atoms with Crippen LogP contribution in [0.2, 0.25) is 0 Å². The van der Waals surface area contributed by atoms with Gasteiger partial charge in [-0.05, 0) is 36.6 Å². The number of aromatic nitrogens is 2. The molecule has 106 valence electrons. The van der Waals surface area contributed by atoms with E-state index in [2.05, 4.69) is 12.0 Å². The van der Waals surface area contributed by atoms with Crippen molar-refractivity contribution in [3.63, 3.8) is 0 Å². The van der Waals surface area contributed by atoms with Crippen molar-refractivity contribution in [1.29, 1.82) is 0 Å². The maximum atomic E-state index is 12.2. The zero-order valence-electron chi connectivity index (χ0n) is 12.3. The van der Waals surface area contributed by atoms with Crippen molar-refractivity contribution < 1.29 is 4.79 Å². The van der Waals surface area contributed by atoms with E-state index in [0.717, 1.165) is 22.6 Å². The number of benzene rings is 1. The molecule has 4 nitrogen and oxygen atoms in total.